The van der Waals surface area contributed by atoms with Crippen LogP contribution in [0.5, 0.6) is 0 Å². The van der Waals surface area contributed by atoms with E-state index >= 15 is 0 Å². The van der Waals surface area contributed by atoms with Gasteiger partial charge in [-0.25, -0.2) is 9.18 Å². The van der Waals surface area contributed by atoms with E-state index in [2.05, 4.69) is 12.2 Å². The van der Waals surface area contributed by atoms with Crippen LogP contribution in [0.4, 0.5) is 10.1 Å². The largest absolute Gasteiger partial charge is 0.478 e. The smallest absolute Gasteiger partial charge is 0.335 e. The van der Waals surface area contributed by atoms with E-state index in [-0.39, 0.29) is 11.6 Å². The van der Waals surface area contributed by atoms with Gasteiger partial charge in [-0.3, -0.25) is 0 Å². The first-order chi connectivity index (χ1) is 8.54. The number of nitrogens with one attached hydrogen (secondary N) is 1. The van der Waals surface area contributed by atoms with Gasteiger partial charge in [-0.2, -0.15) is 0 Å². The van der Waals surface area contributed by atoms with E-state index in [1.165, 1.54) is 18.6 Å². The van der Waals surface area contributed by atoms with Gasteiger partial charge < -0.3 is 10.4 Å². The van der Waals surface area contributed by atoms with E-state index in [1.807, 2.05) is 6.92 Å². The number of rotatable bonds is 7. The van der Waals surface area contributed by atoms with Crippen molar-refractivity contribution >= 4 is 11.7 Å². The average Bonchev–Trinajstić information content (AvgIpc) is 2.32. The minimum Gasteiger partial charge on any atom is -0.478 e. The zero-order chi connectivity index (χ0) is 13.5. The number of carboxylic acids is 1. The highest BCUT2D eigenvalue weighted by molar-refractivity contribution is 5.88. The number of carboxylic acid groups (broad SMARTS) is 1. The van der Waals surface area contributed by atoms with Crippen LogP contribution in [0, 0.1) is 5.82 Å². The van der Waals surface area contributed by atoms with Gasteiger partial charge in [-0.1, -0.05) is 26.2 Å². The van der Waals surface area contributed by atoms with Crippen molar-refractivity contribution in [2.24, 2.45) is 0 Å². The predicted octanol–water partition coefficient (Wildman–Crippen LogP) is 3.90. The van der Waals surface area contributed by atoms with Gasteiger partial charge in [0.2, 0.25) is 0 Å². The van der Waals surface area contributed by atoms with Gasteiger partial charge >= 0.3 is 5.97 Å². The molecule has 0 aromatic heterocycles. The van der Waals surface area contributed by atoms with Gasteiger partial charge in [-0.15, -0.1) is 0 Å². The summed E-state index contributed by atoms with van der Waals surface area (Å²) in [6.45, 7) is 4.14. The lowest BCUT2D eigenvalue weighted by atomic mass is 10.1. The maximum Gasteiger partial charge on any atom is 0.335 e. The lowest BCUT2D eigenvalue weighted by Crippen LogP contribution is -2.16. The molecule has 0 saturated heterocycles. The van der Waals surface area contributed by atoms with Gasteiger partial charge in [0.05, 0.1) is 11.3 Å². The number of halogens is 1. The van der Waals surface area contributed by atoms with Crippen molar-refractivity contribution < 1.29 is 14.3 Å². The van der Waals surface area contributed by atoms with Crippen LogP contribution in [0.1, 0.15) is 49.9 Å². The third-order valence-corrected chi connectivity index (χ3v) is 2.86. The van der Waals surface area contributed by atoms with Crippen LogP contribution in [-0.4, -0.2) is 17.1 Å². The molecule has 0 aliphatic rings. The molecule has 4 heteroatoms. The van der Waals surface area contributed by atoms with Gasteiger partial charge in [0.25, 0.3) is 0 Å². The van der Waals surface area contributed by atoms with Crippen molar-refractivity contribution in [1.82, 2.24) is 0 Å². The molecule has 0 fully saturated rings. The summed E-state index contributed by atoms with van der Waals surface area (Å²) in [6.07, 6.45) is 4.42. The molecule has 1 aromatic rings. The van der Waals surface area contributed by atoms with Crippen molar-refractivity contribution in [3.8, 4) is 0 Å². The second-order valence-electron chi connectivity index (χ2n) is 4.54. The van der Waals surface area contributed by atoms with Crippen LogP contribution in [0.15, 0.2) is 18.2 Å². The Morgan fingerprint density at radius 1 is 1.44 bits per heavy atom. The molecule has 1 rings (SSSR count). The Morgan fingerprint density at radius 3 is 2.72 bits per heavy atom. The van der Waals surface area contributed by atoms with E-state index in [1.54, 1.807) is 0 Å². The summed E-state index contributed by atoms with van der Waals surface area (Å²) < 4.78 is 13.6. The van der Waals surface area contributed by atoms with E-state index in [9.17, 15) is 9.18 Å². The summed E-state index contributed by atoms with van der Waals surface area (Å²) in [4.78, 5) is 10.7. The summed E-state index contributed by atoms with van der Waals surface area (Å²) in [6, 6.07) is 4.12. The molecule has 100 valence electrons. The van der Waals surface area contributed by atoms with Crippen LogP contribution < -0.4 is 5.32 Å². The standard InChI is InChI=1S/C14H20FNO2/c1-3-4-5-6-10(2)16-13-8-7-11(14(17)18)9-12(13)15/h7-10,16H,3-6H2,1-2H3,(H,17,18). The van der Waals surface area contributed by atoms with E-state index < -0.39 is 11.8 Å². The summed E-state index contributed by atoms with van der Waals surface area (Å²) in [5.74, 6) is -1.63. The van der Waals surface area contributed by atoms with Crippen molar-refractivity contribution in [1.29, 1.82) is 0 Å². The number of hydrogen-bond donors (Lipinski definition) is 2. The van der Waals surface area contributed by atoms with E-state index in [4.69, 9.17) is 5.11 Å². The Balaban J connectivity index is 2.59. The molecule has 1 unspecified atom stereocenters. The molecule has 1 aromatic carbocycles. The molecule has 0 amide bonds. The monoisotopic (exact) mass is 253 g/mol. The maximum absolute atomic E-state index is 13.6. The predicted molar refractivity (Wildman–Crippen MR) is 70.6 cm³/mol. The number of anilines is 1. The molecule has 0 spiro atoms. The van der Waals surface area contributed by atoms with Gasteiger partial charge in [0.15, 0.2) is 0 Å². The van der Waals surface area contributed by atoms with Crippen LogP contribution in [0.25, 0.3) is 0 Å². The molecule has 0 aliphatic carbocycles. The molecule has 0 saturated carbocycles. The van der Waals surface area contributed by atoms with Crippen molar-refractivity contribution in [3.63, 3.8) is 0 Å². The lowest BCUT2D eigenvalue weighted by molar-refractivity contribution is 0.0696. The molecule has 0 aliphatic heterocycles. The zero-order valence-electron chi connectivity index (χ0n) is 10.9. The van der Waals surface area contributed by atoms with Gasteiger partial charge in [0.1, 0.15) is 5.82 Å². The molecule has 3 nitrogen and oxygen atoms in total. The summed E-state index contributed by atoms with van der Waals surface area (Å²) in [5, 5.41) is 11.8. The molecule has 1 atom stereocenters. The number of unbranched alkanes of at least 4 members (excludes halogenated alkanes) is 2. The Morgan fingerprint density at radius 2 is 2.17 bits per heavy atom. The first-order valence-electron chi connectivity index (χ1n) is 6.34. The average molecular weight is 253 g/mol. The number of hydrogen-bond acceptors (Lipinski definition) is 2. The van der Waals surface area contributed by atoms with Crippen molar-refractivity contribution in [2.75, 3.05) is 5.32 Å². The third-order valence-electron chi connectivity index (χ3n) is 2.86. The fourth-order valence-corrected chi connectivity index (χ4v) is 1.80. The van der Waals surface area contributed by atoms with E-state index in [0.717, 1.165) is 25.3 Å². The molecular weight excluding hydrogens is 233 g/mol. The van der Waals surface area contributed by atoms with Crippen molar-refractivity contribution in [3.05, 3.63) is 29.6 Å². The topological polar surface area (TPSA) is 49.3 Å². The normalized spacial score (nSPS) is 12.2. The molecule has 0 heterocycles. The van der Waals surface area contributed by atoms with Crippen LogP contribution in [0.2, 0.25) is 0 Å². The fraction of sp³-hybridized carbons (Fsp3) is 0.500. The third kappa shape index (κ3) is 4.35. The molecular formula is C14H20FNO2. The SMILES string of the molecule is CCCCCC(C)Nc1ccc(C(=O)O)cc1F. The second-order valence-corrected chi connectivity index (χ2v) is 4.54. The first-order valence-corrected chi connectivity index (χ1v) is 6.34. The Labute approximate surface area is 107 Å². The quantitative estimate of drug-likeness (QED) is 0.724. The highest BCUT2D eigenvalue weighted by Gasteiger charge is 2.10. The molecule has 0 radical (unpaired) electrons. The summed E-state index contributed by atoms with van der Waals surface area (Å²) in [7, 11) is 0. The molecule has 18 heavy (non-hydrogen) atoms. The van der Waals surface area contributed by atoms with Crippen molar-refractivity contribution in [2.45, 2.75) is 45.6 Å². The fourth-order valence-electron chi connectivity index (χ4n) is 1.80. The number of benzene rings is 1. The minimum absolute atomic E-state index is 0.0308. The van der Waals surface area contributed by atoms with Gasteiger partial charge in [-0.05, 0) is 31.5 Å². The van der Waals surface area contributed by atoms with Crippen LogP contribution >= 0.6 is 0 Å². The Hall–Kier alpha value is -1.58. The minimum atomic E-state index is -1.11. The second kappa shape index (κ2) is 6.99. The highest BCUT2D eigenvalue weighted by Crippen LogP contribution is 2.18. The van der Waals surface area contributed by atoms with Crippen LogP contribution in [0.3, 0.4) is 0 Å². The van der Waals surface area contributed by atoms with Crippen LogP contribution in [-0.2, 0) is 0 Å². The summed E-state index contributed by atoms with van der Waals surface area (Å²) in [5.41, 5.74) is 0.334. The Kier molecular flexibility index (Phi) is 5.62. The van der Waals surface area contributed by atoms with Gasteiger partial charge in [0, 0.05) is 6.04 Å². The highest BCUT2D eigenvalue weighted by atomic mass is 19.1. The molecule has 0 bridgehead atoms. The molecule has 2 N–H and O–H groups in total. The lowest BCUT2D eigenvalue weighted by Gasteiger charge is -2.15. The number of carbonyl (C=O) groups is 1. The summed E-state index contributed by atoms with van der Waals surface area (Å²) >= 11 is 0. The van der Waals surface area contributed by atoms with E-state index in [0.29, 0.717) is 5.69 Å². The first kappa shape index (κ1) is 14.5. The maximum atomic E-state index is 13.6. The Bertz CT molecular complexity index is 407. The number of aromatic carboxylic acids is 1. The zero-order valence-corrected chi connectivity index (χ0v) is 10.9.